The van der Waals surface area contributed by atoms with Crippen molar-refractivity contribution in [3.63, 3.8) is 0 Å². The fourth-order valence-corrected chi connectivity index (χ4v) is 3.22. The van der Waals surface area contributed by atoms with E-state index in [0.717, 1.165) is 0 Å². The Morgan fingerprint density at radius 1 is 1.15 bits per heavy atom. The molecule has 0 aliphatic carbocycles. The van der Waals surface area contributed by atoms with Crippen LogP contribution in [0.2, 0.25) is 0 Å². The molecule has 138 valence electrons. The molecule has 2 aromatic carbocycles. The van der Waals surface area contributed by atoms with E-state index in [9.17, 15) is 23.3 Å². The van der Waals surface area contributed by atoms with Gasteiger partial charge in [-0.15, -0.1) is 0 Å². The Hall–Kier alpha value is -2.94. The van der Waals surface area contributed by atoms with Crippen molar-refractivity contribution in [3.05, 3.63) is 58.1 Å². The molecule has 0 saturated heterocycles. The van der Waals surface area contributed by atoms with Crippen LogP contribution in [0.4, 0.5) is 11.4 Å². The summed E-state index contributed by atoms with van der Waals surface area (Å²) in [5, 5.41) is 12.8. The van der Waals surface area contributed by atoms with Gasteiger partial charge in [0.05, 0.1) is 33.9 Å². The molecule has 26 heavy (non-hydrogen) atoms. The smallest absolute Gasteiger partial charge is 0.273 e. The number of nitro benzene ring substituents is 1. The molecule has 0 spiro atoms. The number of sulfone groups is 1. The van der Waals surface area contributed by atoms with Gasteiger partial charge in [0.2, 0.25) is 0 Å². The molecule has 0 atom stereocenters. The third-order valence-corrected chi connectivity index (χ3v) is 5.88. The number of nitro groups is 1. The lowest BCUT2D eigenvalue weighted by Crippen LogP contribution is -2.15. The predicted molar refractivity (Wildman–Crippen MR) is 96.4 cm³/mol. The molecule has 2 rings (SSSR count). The normalized spacial score (nSPS) is 11.2. The molecule has 9 heteroatoms. The maximum atomic E-state index is 12.3. The van der Waals surface area contributed by atoms with Crippen LogP contribution < -0.4 is 10.1 Å². The number of hydrogen-bond acceptors (Lipinski definition) is 6. The molecular weight excluding hydrogens is 360 g/mol. The van der Waals surface area contributed by atoms with Gasteiger partial charge in [-0.1, -0.05) is 0 Å². The van der Waals surface area contributed by atoms with Crippen molar-refractivity contribution in [2.75, 3.05) is 12.4 Å². The van der Waals surface area contributed by atoms with E-state index in [1.807, 2.05) is 0 Å². The first-order valence-corrected chi connectivity index (χ1v) is 9.19. The summed E-state index contributed by atoms with van der Waals surface area (Å²) < 4.78 is 29.3. The van der Waals surface area contributed by atoms with Crippen LogP contribution in [-0.4, -0.2) is 31.6 Å². The van der Waals surface area contributed by atoms with Gasteiger partial charge in [0.1, 0.15) is 5.75 Å². The van der Waals surface area contributed by atoms with E-state index in [-0.39, 0.29) is 27.6 Å². The highest BCUT2D eigenvalue weighted by atomic mass is 32.2. The Bertz CT molecular complexity index is 936. The zero-order chi connectivity index (χ0) is 19.5. The second kappa shape index (κ2) is 7.52. The Morgan fingerprint density at radius 2 is 1.77 bits per heavy atom. The summed E-state index contributed by atoms with van der Waals surface area (Å²) in [6, 6.07) is 9.37. The summed E-state index contributed by atoms with van der Waals surface area (Å²) in [6.07, 6.45) is 0. The summed E-state index contributed by atoms with van der Waals surface area (Å²) in [4.78, 5) is 22.7. The average Bonchev–Trinajstić information content (AvgIpc) is 2.61. The quantitative estimate of drug-likeness (QED) is 0.610. The molecule has 0 aliphatic rings. The minimum atomic E-state index is -3.42. The minimum absolute atomic E-state index is 0.136. The van der Waals surface area contributed by atoms with E-state index < -0.39 is 25.9 Å². The van der Waals surface area contributed by atoms with Crippen molar-refractivity contribution in [2.45, 2.75) is 24.0 Å². The molecule has 2 aromatic rings. The van der Waals surface area contributed by atoms with E-state index in [1.165, 1.54) is 49.6 Å². The first-order valence-electron chi connectivity index (χ1n) is 7.64. The lowest BCUT2D eigenvalue weighted by Gasteiger charge is -2.11. The third-order valence-electron chi connectivity index (χ3n) is 3.71. The molecule has 0 aromatic heterocycles. The van der Waals surface area contributed by atoms with Gasteiger partial charge in [0.25, 0.3) is 11.6 Å². The maximum absolute atomic E-state index is 12.3. The Balaban J connectivity index is 2.24. The van der Waals surface area contributed by atoms with Gasteiger partial charge < -0.3 is 10.1 Å². The molecule has 1 N–H and O–H groups in total. The van der Waals surface area contributed by atoms with Crippen LogP contribution in [0.15, 0.2) is 47.4 Å². The molecule has 0 heterocycles. The summed E-state index contributed by atoms with van der Waals surface area (Å²) in [7, 11) is -2.08. The van der Waals surface area contributed by atoms with Gasteiger partial charge in [0, 0.05) is 11.6 Å². The van der Waals surface area contributed by atoms with E-state index in [4.69, 9.17) is 4.74 Å². The molecule has 0 bridgehead atoms. The topological polar surface area (TPSA) is 116 Å². The number of non-ortho nitro benzene ring substituents is 1. The van der Waals surface area contributed by atoms with Gasteiger partial charge in [0.15, 0.2) is 9.84 Å². The number of methoxy groups -OCH3 is 1. The molecule has 0 unspecified atom stereocenters. The fraction of sp³-hybridized carbons (Fsp3) is 0.235. The number of nitrogens with zero attached hydrogens (tertiary/aromatic N) is 1. The van der Waals surface area contributed by atoms with Crippen LogP contribution in [0.3, 0.4) is 0 Å². The van der Waals surface area contributed by atoms with Crippen LogP contribution in [-0.2, 0) is 9.84 Å². The van der Waals surface area contributed by atoms with Crippen molar-refractivity contribution in [3.8, 4) is 5.75 Å². The minimum Gasteiger partial charge on any atom is -0.494 e. The number of benzene rings is 2. The van der Waals surface area contributed by atoms with Crippen molar-refractivity contribution in [1.29, 1.82) is 0 Å². The van der Waals surface area contributed by atoms with Gasteiger partial charge in [-0.25, -0.2) is 8.42 Å². The zero-order valence-electron chi connectivity index (χ0n) is 14.4. The Labute approximate surface area is 150 Å². The number of ether oxygens (including phenoxy) is 1. The standard InChI is InChI=1S/C17H18N2O6S/c1-11(2)26(23,24)14-7-4-12(5-8-14)17(20)18-15-9-6-13(19(21)22)10-16(15)25-3/h4-11H,1-3H3,(H,18,20). The van der Waals surface area contributed by atoms with Crippen LogP contribution in [0, 0.1) is 10.1 Å². The van der Waals surface area contributed by atoms with E-state index in [2.05, 4.69) is 5.32 Å². The molecule has 0 fully saturated rings. The van der Waals surface area contributed by atoms with Crippen LogP contribution >= 0.6 is 0 Å². The average molecular weight is 378 g/mol. The summed E-state index contributed by atoms with van der Waals surface area (Å²) in [5.74, 6) is -0.350. The number of anilines is 1. The van der Waals surface area contributed by atoms with Gasteiger partial charge >= 0.3 is 0 Å². The molecule has 0 saturated carbocycles. The molecule has 8 nitrogen and oxygen atoms in total. The maximum Gasteiger partial charge on any atom is 0.273 e. The van der Waals surface area contributed by atoms with E-state index in [1.54, 1.807) is 13.8 Å². The Kier molecular flexibility index (Phi) is 5.61. The monoisotopic (exact) mass is 378 g/mol. The highest BCUT2D eigenvalue weighted by molar-refractivity contribution is 7.92. The predicted octanol–water partition coefficient (Wildman–Crippen LogP) is 3.04. The second-order valence-corrected chi connectivity index (χ2v) is 8.22. The number of carbonyl (C=O) groups excluding carboxylic acids is 1. The zero-order valence-corrected chi connectivity index (χ0v) is 15.2. The first-order chi connectivity index (χ1) is 12.2. The van der Waals surface area contributed by atoms with Crippen molar-refractivity contribution < 1.29 is 22.9 Å². The number of rotatable bonds is 6. The highest BCUT2D eigenvalue weighted by Crippen LogP contribution is 2.29. The Morgan fingerprint density at radius 3 is 2.27 bits per heavy atom. The summed E-state index contributed by atoms with van der Waals surface area (Å²) in [6.45, 7) is 3.16. The number of hydrogen-bond donors (Lipinski definition) is 1. The van der Waals surface area contributed by atoms with Gasteiger partial charge in [-0.05, 0) is 44.2 Å². The first kappa shape index (κ1) is 19.4. The van der Waals surface area contributed by atoms with Crippen LogP contribution in [0.25, 0.3) is 0 Å². The highest BCUT2D eigenvalue weighted by Gasteiger charge is 2.20. The SMILES string of the molecule is COc1cc([N+](=O)[O-])ccc1NC(=O)c1ccc(S(=O)(=O)C(C)C)cc1. The van der Waals surface area contributed by atoms with Crippen molar-refractivity contribution >= 4 is 27.1 Å². The molecular formula is C17H18N2O6S. The molecule has 0 radical (unpaired) electrons. The number of nitrogens with one attached hydrogen (secondary N) is 1. The van der Waals surface area contributed by atoms with Gasteiger partial charge in [-0.2, -0.15) is 0 Å². The van der Waals surface area contributed by atoms with E-state index >= 15 is 0 Å². The van der Waals surface area contributed by atoms with Crippen molar-refractivity contribution in [1.82, 2.24) is 0 Å². The summed E-state index contributed by atoms with van der Waals surface area (Å²) >= 11 is 0. The van der Waals surface area contributed by atoms with E-state index in [0.29, 0.717) is 0 Å². The lowest BCUT2D eigenvalue weighted by molar-refractivity contribution is -0.384. The fourth-order valence-electron chi connectivity index (χ4n) is 2.16. The third kappa shape index (κ3) is 3.99. The van der Waals surface area contributed by atoms with Crippen LogP contribution in [0.5, 0.6) is 5.75 Å². The summed E-state index contributed by atoms with van der Waals surface area (Å²) in [5.41, 5.74) is 0.346. The largest absolute Gasteiger partial charge is 0.494 e. The molecule has 1 amide bonds. The van der Waals surface area contributed by atoms with Crippen molar-refractivity contribution in [2.24, 2.45) is 0 Å². The van der Waals surface area contributed by atoms with Crippen LogP contribution in [0.1, 0.15) is 24.2 Å². The number of carbonyl (C=O) groups is 1. The van der Waals surface area contributed by atoms with Gasteiger partial charge in [-0.3, -0.25) is 14.9 Å². The second-order valence-electron chi connectivity index (χ2n) is 5.71. The molecule has 0 aliphatic heterocycles. The number of amides is 1. The lowest BCUT2D eigenvalue weighted by atomic mass is 10.2.